The highest BCUT2D eigenvalue weighted by molar-refractivity contribution is 5.95. The lowest BCUT2D eigenvalue weighted by Gasteiger charge is -2.29. The minimum atomic E-state index is -1.92. The molecule has 0 fully saturated rings. The molecule has 0 saturated heterocycles. The molecule has 50 heavy (non-hydrogen) atoms. The number of carbonyl (C=O) groups excluding carboxylic acids is 6. The Morgan fingerprint density at radius 2 is 1.62 bits per heavy atom. The highest BCUT2D eigenvalue weighted by atomic mass is 16.4. The van der Waals surface area contributed by atoms with Crippen molar-refractivity contribution < 1.29 is 59.1 Å². The van der Waals surface area contributed by atoms with Crippen LogP contribution in [0.25, 0.3) is 11.1 Å². The van der Waals surface area contributed by atoms with E-state index in [2.05, 4.69) is 31.9 Å². The fourth-order valence-electron chi connectivity index (χ4n) is 4.88. The first-order valence-electron chi connectivity index (χ1n) is 15.2. The van der Waals surface area contributed by atoms with E-state index >= 15 is 0 Å². The second-order valence-electron chi connectivity index (χ2n) is 11.2. The monoisotopic (exact) mass is 701 g/mol. The summed E-state index contributed by atoms with van der Waals surface area (Å²) in [7, 11) is 2.69. The zero-order valence-electron chi connectivity index (χ0n) is 27.1. The van der Waals surface area contributed by atoms with Crippen molar-refractivity contribution in [3.05, 3.63) is 47.5 Å². The number of carboxylic acids is 1. The molecule has 270 valence electrons. The number of aliphatic carboxylic acids is 1. The molecule has 0 aromatic heterocycles. The van der Waals surface area contributed by atoms with Gasteiger partial charge in [0.2, 0.25) is 35.4 Å². The van der Waals surface area contributed by atoms with E-state index in [1.807, 2.05) is 0 Å². The van der Waals surface area contributed by atoms with Crippen LogP contribution in [0.2, 0.25) is 0 Å². The molecule has 2 aromatic carbocycles. The third-order valence-corrected chi connectivity index (χ3v) is 7.69. The zero-order chi connectivity index (χ0) is 37.1. The number of aliphatic hydroxyl groups excluding tert-OH is 2. The van der Waals surface area contributed by atoms with Crippen LogP contribution in [-0.4, -0.2) is 137 Å². The lowest BCUT2D eigenvalue weighted by molar-refractivity contribution is -0.146. The van der Waals surface area contributed by atoms with Crippen LogP contribution in [0.15, 0.2) is 36.4 Å². The summed E-state index contributed by atoms with van der Waals surface area (Å²) in [4.78, 5) is 89.0. The van der Waals surface area contributed by atoms with E-state index in [4.69, 9.17) is 5.11 Å². The van der Waals surface area contributed by atoms with E-state index in [1.54, 1.807) is 0 Å². The predicted octanol–water partition coefficient (Wildman–Crippen LogP) is -4.20. The van der Waals surface area contributed by atoms with Crippen LogP contribution in [0, 0.1) is 0 Å². The Kier molecular flexibility index (Phi) is 13.6. The maximum Gasteiger partial charge on any atom is 0.334 e. The number of nitrogens with zero attached hydrogens (tertiary/aromatic N) is 1. The first-order chi connectivity index (χ1) is 23.7. The van der Waals surface area contributed by atoms with Gasteiger partial charge < -0.3 is 62.3 Å². The number of carboxylic acid groups (broad SMARTS) is 1. The summed E-state index contributed by atoms with van der Waals surface area (Å²) in [6, 6.07) is 4.32. The molecule has 4 bridgehead atoms. The van der Waals surface area contributed by atoms with Crippen LogP contribution in [0.4, 0.5) is 0 Å². The number of phenols is 2. The van der Waals surface area contributed by atoms with Crippen LogP contribution in [0.3, 0.4) is 0 Å². The van der Waals surface area contributed by atoms with Crippen molar-refractivity contribution in [1.29, 1.82) is 0 Å². The predicted molar refractivity (Wildman–Crippen MR) is 172 cm³/mol. The van der Waals surface area contributed by atoms with Crippen molar-refractivity contribution in [2.45, 2.75) is 30.7 Å². The van der Waals surface area contributed by atoms with Gasteiger partial charge in [-0.05, 0) is 42.4 Å². The molecule has 0 aliphatic carbocycles. The molecule has 19 heteroatoms. The number of hydrogen-bond donors (Lipinski definition) is 11. The van der Waals surface area contributed by atoms with E-state index in [0.717, 1.165) is 4.90 Å². The summed E-state index contributed by atoms with van der Waals surface area (Å²) >= 11 is 0. The maximum atomic E-state index is 13.6. The van der Waals surface area contributed by atoms with Crippen LogP contribution in [-0.2, 0) is 40.0 Å². The van der Waals surface area contributed by atoms with Gasteiger partial charge in [-0.1, -0.05) is 12.1 Å². The van der Waals surface area contributed by atoms with E-state index < -0.39 is 98.4 Å². The molecule has 11 N–H and O–H groups in total. The average Bonchev–Trinajstić information content (AvgIpc) is 3.08. The molecule has 3 rings (SSSR count). The Hall–Kier alpha value is -5.79. The minimum absolute atomic E-state index is 0.0407. The van der Waals surface area contributed by atoms with E-state index in [-0.39, 0.29) is 34.6 Å². The van der Waals surface area contributed by atoms with Gasteiger partial charge in [0, 0.05) is 24.6 Å². The Morgan fingerprint density at radius 1 is 0.960 bits per heavy atom. The summed E-state index contributed by atoms with van der Waals surface area (Å²) in [6.45, 7) is -3.00. The summed E-state index contributed by atoms with van der Waals surface area (Å²) in [5.41, 5.74) is 0.633. The first kappa shape index (κ1) is 38.7. The second kappa shape index (κ2) is 17.6. The van der Waals surface area contributed by atoms with Gasteiger partial charge in [0.1, 0.15) is 29.6 Å². The van der Waals surface area contributed by atoms with Crippen molar-refractivity contribution in [3.8, 4) is 22.6 Å². The molecule has 6 amide bonds. The van der Waals surface area contributed by atoms with Gasteiger partial charge in [0.15, 0.2) is 6.10 Å². The molecule has 19 nitrogen and oxygen atoms in total. The number of aromatic hydroxyl groups is 2. The van der Waals surface area contributed by atoms with Crippen LogP contribution >= 0.6 is 0 Å². The van der Waals surface area contributed by atoms with Crippen molar-refractivity contribution in [1.82, 2.24) is 36.8 Å². The highest BCUT2D eigenvalue weighted by Crippen LogP contribution is 2.38. The first-order valence-corrected chi connectivity index (χ1v) is 15.2. The van der Waals surface area contributed by atoms with Gasteiger partial charge in [0.05, 0.1) is 32.8 Å². The molecule has 0 saturated carbocycles. The van der Waals surface area contributed by atoms with Gasteiger partial charge in [-0.3, -0.25) is 28.8 Å². The van der Waals surface area contributed by atoms with Crippen LogP contribution in [0.5, 0.6) is 11.5 Å². The number of fused-ring (bicyclic) bond motifs is 5. The van der Waals surface area contributed by atoms with Crippen molar-refractivity contribution in [2.24, 2.45) is 0 Å². The summed E-state index contributed by atoms with van der Waals surface area (Å²) in [5.74, 6) is -6.98. The fraction of sp³-hybridized carbons (Fsp3) is 0.387. The van der Waals surface area contributed by atoms with E-state index in [9.17, 15) is 54.0 Å². The zero-order valence-corrected chi connectivity index (χ0v) is 27.1. The summed E-state index contributed by atoms with van der Waals surface area (Å²) in [6.07, 6.45) is -2.10. The summed E-state index contributed by atoms with van der Waals surface area (Å²) < 4.78 is 0. The number of hydrogen-bond acceptors (Lipinski definition) is 12. The lowest BCUT2D eigenvalue weighted by atomic mass is 9.94. The van der Waals surface area contributed by atoms with Gasteiger partial charge in [-0.25, -0.2) is 4.79 Å². The number of likely N-dealkylation sites (N-methyl/N-ethyl adjacent to an activating group) is 2. The number of phenolic OH excluding ortho intramolecular Hbond substituents is 2. The molecule has 0 radical (unpaired) electrons. The molecule has 2 aromatic rings. The number of rotatable bonds is 12. The molecule has 1 aliphatic heterocycles. The molecular weight excluding hydrogens is 662 g/mol. The topological polar surface area (TPSA) is 296 Å². The Labute approximate surface area is 285 Å². The molecule has 1 aliphatic rings. The van der Waals surface area contributed by atoms with Gasteiger partial charge >= 0.3 is 5.97 Å². The number of carbonyl (C=O) groups is 7. The Balaban J connectivity index is 1.91. The van der Waals surface area contributed by atoms with Crippen molar-refractivity contribution in [3.63, 3.8) is 0 Å². The SMILES string of the molecule is CN[C@H](CO)C(=O)NCC(=O)NCC(=O)N(C)C1C(=O)NCC(=O)N[C@H](C(=O)NCC(O)C(=O)O)Cc2ccc(O)c(c2)-c2cc1ccc2O. The second-order valence-corrected chi connectivity index (χ2v) is 11.2. The smallest absolute Gasteiger partial charge is 0.334 e. The van der Waals surface area contributed by atoms with Gasteiger partial charge in [0.25, 0.3) is 0 Å². The summed E-state index contributed by atoms with van der Waals surface area (Å²) in [5, 5.41) is 63.4. The van der Waals surface area contributed by atoms with Crippen molar-refractivity contribution in [2.75, 3.05) is 46.9 Å². The lowest BCUT2D eigenvalue weighted by Crippen LogP contribution is -2.53. The molecular formula is C31H39N7O12. The highest BCUT2D eigenvalue weighted by Gasteiger charge is 2.31. The van der Waals surface area contributed by atoms with Crippen LogP contribution in [0.1, 0.15) is 17.2 Å². The Morgan fingerprint density at radius 3 is 2.26 bits per heavy atom. The van der Waals surface area contributed by atoms with Crippen molar-refractivity contribution >= 4 is 41.4 Å². The quantitative estimate of drug-likeness (QED) is 0.100. The van der Waals surface area contributed by atoms with E-state index in [0.29, 0.717) is 5.56 Å². The normalized spacial score (nSPS) is 17.1. The average molecular weight is 702 g/mol. The third-order valence-electron chi connectivity index (χ3n) is 7.69. The molecule has 0 spiro atoms. The molecule has 4 atom stereocenters. The number of amides is 6. The van der Waals surface area contributed by atoms with Gasteiger partial charge in [-0.2, -0.15) is 0 Å². The standard InChI is InChI=1S/C31H39N7O12/c1-32-20(14-39)29(47)35-11-24(43)33-13-26(45)38(2)27-16-4-6-22(41)18(9-16)17-7-15(3-5-21(17)40)8-19(37-25(44)12-36-30(27)48)28(46)34-10-23(42)31(49)50/h3-7,9,19-20,23,27,32,39-42H,8,10-14H2,1-2H3,(H,33,43)(H,34,46)(H,35,47)(H,36,48)(H,37,44)(H,49,50)/t19-,20+,23?,27?/m0/s1. The minimum Gasteiger partial charge on any atom is -0.507 e. The van der Waals surface area contributed by atoms with Crippen LogP contribution < -0.4 is 31.9 Å². The number of aliphatic hydroxyl groups is 2. The molecule has 1 heterocycles. The third kappa shape index (κ3) is 10.1. The molecule has 2 unspecified atom stereocenters. The maximum absolute atomic E-state index is 13.6. The number of nitrogens with one attached hydrogen (secondary N) is 6. The van der Waals surface area contributed by atoms with E-state index in [1.165, 1.54) is 50.5 Å². The Bertz CT molecular complexity index is 1630. The van der Waals surface area contributed by atoms with Gasteiger partial charge in [-0.15, -0.1) is 0 Å². The number of benzene rings is 2. The largest absolute Gasteiger partial charge is 0.507 e. The fourth-order valence-corrected chi connectivity index (χ4v) is 4.88.